The minimum Gasteiger partial charge on any atom is -0.467 e. The van der Waals surface area contributed by atoms with E-state index in [1.807, 2.05) is 0 Å². The molecule has 26 heavy (non-hydrogen) atoms. The summed E-state index contributed by atoms with van der Waals surface area (Å²) in [6.45, 7) is 2.13. The van der Waals surface area contributed by atoms with E-state index in [4.69, 9.17) is 0 Å². The van der Waals surface area contributed by atoms with E-state index in [0.29, 0.717) is 6.92 Å². The highest BCUT2D eigenvalue weighted by atomic mass is 16.8. The summed E-state index contributed by atoms with van der Waals surface area (Å²) in [5, 5.41) is 41.8. The van der Waals surface area contributed by atoms with E-state index in [-0.39, 0.29) is 0 Å². The van der Waals surface area contributed by atoms with Gasteiger partial charge in [0.2, 0.25) is 12.4 Å². The third-order valence-corrected chi connectivity index (χ3v) is 3.23. The average Bonchev–Trinajstić information content (AvgIpc) is 2.47. The van der Waals surface area contributed by atoms with Gasteiger partial charge in [-0.3, -0.25) is 14.4 Å². The Kier molecular flexibility index (Phi) is 5.95. The van der Waals surface area contributed by atoms with E-state index < -0.39 is 53.6 Å². The molecule has 0 saturated carbocycles. The van der Waals surface area contributed by atoms with Crippen LogP contribution in [0, 0.1) is 0 Å². The van der Waals surface area contributed by atoms with Gasteiger partial charge < -0.3 is 44.1 Å². The van der Waals surface area contributed by atoms with Crippen molar-refractivity contribution in [2.24, 2.45) is 0 Å². The second-order valence-corrected chi connectivity index (χ2v) is 5.21. The molecule has 148 valence electrons. The first-order valence-corrected chi connectivity index (χ1v) is 6.92. The van der Waals surface area contributed by atoms with E-state index in [1.165, 1.54) is 0 Å². The van der Waals surface area contributed by atoms with Crippen molar-refractivity contribution >= 4 is 23.9 Å². The topological polar surface area (TPSA) is 195 Å². The second-order valence-electron chi connectivity index (χ2n) is 5.21. The Morgan fingerprint density at radius 1 is 0.846 bits per heavy atom. The molecular weight excluding hydrogens is 364 g/mol. The lowest BCUT2D eigenvalue weighted by Crippen LogP contribution is -2.83. The Morgan fingerprint density at radius 2 is 1.27 bits per heavy atom. The fourth-order valence-electron chi connectivity index (χ4n) is 2.27. The van der Waals surface area contributed by atoms with E-state index in [2.05, 4.69) is 23.7 Å². The molecule has 13 heteroatoms. The largest absolute Gasteiger partial charge is 0.467 e. The molecule has 1 aliphatic rings. The minimum absolute atomic E-state index is 0.690. The first kappa shape index (κ1) is 21.7. The van der Waals surface area contributed by atoms with E-state index in [1.54, 1.807) is 0 Å². The summed E-state index contributed by atoms with van der Waals surface area (Å²) in [6, 6.07) is 0. The minimum atomic E-state index is -3.90. The predicted octanol–water partition coefficient (Wildman–Crippen LogP) is -3.37. The zero-order valence-electron chi connectivity index (χ0n) is 14.1. The third-order valence-electron chi connectivity index (χ3n) is 3.23. The molecule has 0 aliphatic carbocycles. The number of methoxy groups -OCH3 is 1. The smallest absolute Gasteiger partial charge is 0.352 e. The van der Waals surface area contributed by atoms with Gasteiger partial charge in [0.05, 0.1) is 7.11 Å². The van der Waals surface area contributed by atoms with Crippen molar-refractivity contribution in [1.29, 1.82) is 0 Å². The van der Waals surface area contributed by atoms with Crippen LogP contribution in [-0.2, 0) is 42.9 Å². The Bertz CT molecular complexity index is 617. The molecule has 0 aromatic rings. The molecule has 1 aliphatic heterocycles. The molecule has 0 aromatic heterocycles. The van der Waals surface area contributed by atoms with Crippen molar-refractivity contribution in [3.63, 3.8) is 0 Å². The summed E-state index contributed by atoms with van der Waals surface area (Å²) in [7, 11) is 0.810. The van der Waals surface area contributed by atoms with Gasteiger partial charge in [-0.05, 0) is 0 Å². The molecule has 0 spiro atoms. The Labute approximate surface area is 146 Å². The van der Waals surface area contributed by atoms with Gasteiger partial charge in [-0.2, -0.15) is 0 Å². The van der Waals surface area contributed by atoms with Gasteiger partial charge in [0, 0.05) is 20.8 Å². The number of esters is 4. The van der Waals surface area contributed by atoms with Crippen molar-refractivity contribution < 1.29 is 63.3 Å². The summed E-state index contributed by atoms with van der Waals surface area (Å²) in [6.07, 6.45) is -5.28. The molecule has 1 heterocycles. The normalized spacial score (nSPS) is 36.6. The van der Waals surface area contributed by atoms with Gasteiger partial charge in [-0.1, -0.05) is 0 Å². The number of hydrogen-bond acceptors (Lipinski definition) is 13. The van der Waals surface area contributed by atoms with Crippen LogP contribution in [0.4, 0.5) is 0 Å². The standard InChI is InChI=1S/C13H18O13/c1-5(14)24-11(19)8(9(17)22-4)23-10(18)12(20,25-6(2)15)13(11,21)26-7(3)16/h8,10,18-21H,1-4H3/t8-,10-,11+,12-,13-/m1/s1. The molecule has 0 unspecified atom stereocenters. The molecule has 4 N–H and O–H groups in total. The maximum absolute atomic E-state index is 11.9. The van der Waals surface area contributed by atoms with E-state index in [0.717, 1.165) is 21.0 Å². The van der Waals surface area contributed by atoms with Crippen LogP contribution in [-0.4, -0.2) is 81.2 Å². The molecular formula is C13H18O13. The van der Waals surface area contributed by atoms with Crippen molar-refractivity contribution in [2.45, 2.75) is 50.5 Å². The highest BCUT2D eigenvalue weighted by Gasteiger charge is 2.82. The SMILES string of the molecule is COC(=O)[C@H]1O[C@@H](O)[C@@](O)(OC(C)=O)[C@](O)(OC(C)=O)[C@@]1(O)OC(C)=O. The highest BCUT2D eigenvalue weighted by molar-refractivity contribution is 5.78. The number of ether oxygens (including phenoxy) is 5. The molecule has 0 aromatic carbocycles. The summed E-state index contributed by atoms with van der Waals surface area (Å²) >= 11 is 0. The molecule has 13 nitrogen and oxygen atoms in total. The number of carbonyl (C=O) groups is 4. The van der Waals surface area contributed by atoms with Gasteiger partial charge >= 0.3 is 41.2 Å². The zero-order valence-corrected chi connectivity index (χ0v) is 14.1. The fourth-order valence-corrected chi connectivity index (χ4v) is 2.27. The van der Waals surface area contributed by atoms with Crippen molar-refractivity contribution in [3.8, 4) is 0 Å². The number of hydrogen-bond donors (Lipinski definition) is 4. The summed E-state index contributed by atoms with van der Waals surface area (Å²) in [4.78, 5) is 45.9. The molecule has 5 atom stereocenters. The van der Waals surface area contributed by atoms with Crippen molar-refractivity contribution in [3.05, 3.63) is 0 Å². The number of aliphatic hydroxyl groups excluding tert-OH is 1. The maximum atomic E-state index is 11.9. The van der Waals surface area contributed by atoms with E-state index >= 15 is 0 Å². The van der Waals surface area contributed by atoms with Crippen LogP contribution < -0.4 is 0 Å². The van der Waals surface area contributed by atoms with E-state index in [9.17, 15) is 39.6 Å². The average molecular weight is 382 g/mol. The van der Waals surface area contributed by atoms with Crippen LogP contribution in [0.25, 0.3) is 0 Å². The lowest BCUT2D eigenvalue weighted by Gasteiger charge is -2.54. The van der Waals surface area contributed by atoms with Crippen LogP contribution in [0.15, 0.2) is 0 Å². The Morgan fingerprint density at radius 3 is 1.65 bits per heavy atom. The zero-order chi connectivity index (χ0) is 20.5. The monoisotopic (exact) mass is 382 g/mol. The van der Waals surface area contributed by atoms with Crippen LogP contribution in [0.1, 0.15) is 20.8 Å². The Balaban J connectivity index is 3.74. The number of carbonyl (C=O) groups excluding carboxylic acids is 4. The summed E-state index contributed by atoms with van der Waals surface area (Å²) in [5.41, 5.74) is 0. The molecule has 1 fully saturated rings. The van der Waals surface area contributed by atoms with Crippen LogP contribution >= 0.6 is 0 Å². The fraction of sp³-hybridized carbons (Fsp3) is 0.692. The molecule has 0 bridgehead atoms. The first-order chi connectivity index (χ1) is 11.7. The van der Waals surface area contributed by atoms with Gasteiger partial charge in [0.25, 0.3) is 0 Å². The quantitative estimate of drug-likeness (QED) is 0.214. The first-order valence-electron chi connectivity index (χ1n) is 6.92. The summed E-state index contributed by atoms with van der Waals surface area (Å²) < 4.78 is 22.2. The highest BCUT2D eigenvalue weighted by Crippen LogP contribution is 2.46. The molecule has 0 radical (unpaired) electrons. The lowest BCUT2D eigenvalue weighted by molar-refractivity contribution is -0.525. The molecule has 0 amide bonds. The predicted molar refractivity (Wildman–Crippen MR) is 73.0 cm³/mol. The maximum Gasteiger partial charge on any atom is 0.352 e. The van der Waals surface area contributed by atoms with Gasteiger partial charge in [-0.15, -0.1) is 0 Å². The van der Waals surface area contributed by atoms with Gasteiger partial charge in [-0.25, -0.2) is 4.79 Å². The number of rotatable bonds is 4. The van der Waals surface area contributed by atoms with Crippen LogP contribution in [0.3, 0.4) is 0 Å². The lowest BCUT2D eigenvalue weighted by atomic mass is 9.87. The third kappa shape index (κ3) is 3.34. The second kappa shape index (κ2) is 7.13. The molecule has 1 rings (SSSR count). The Hall–Kier alpha value is -2.32. The molecule has 1 saturated heterocycles. The summed E-state index contributed by atoms with van der Waals surface area (Å²) in [5.74, 6) is -16.9. The van der Waals surface area contributed by atoms with Crippen LogP contribution in [0.5, 0.6) is 0 Å². The van der Waals surface area contributed by atoms with Crippen molar-refractivity contribution in [2.75, 3.05) is 7.11 Å². The van der Waals surface area contributed by atoms with Gasteiger partial charge in [0.1, 0.15) is 0 Å². The van der Waals surface area contributed by atoms with Crippen LogP contribution in [0.2, 0.25) is 0 Å². The van der Waals surface area contributed by atoms with Gasteiger partial charge in [0.15, 0.2) is 0 Å². The van der Waals surface area contributed by atoms with Crippen molar-refractivity contribution in [1.82, 2.24) is 0 Å². The number of aliphatic hydroxyl groups is 4.